The lowest BCUT2D eigenvalue weighted by Crippen LogP contribution is -2.11. The predicted octanol–water partition coefficient (Wildman–Crippen LogP) is 2.10. The van der Waals surface area contributed by atoms with Crippen molar-refractivity contribution in [3.63, 3.8) is 0 Å². The summed E-state index contributed by atoms with van der Waals surface area (Å²) in [6.07, 6.45) is 4.69. The maximum Gasteiger partial charge on any atom is 0.219 e. The summed E-state index contributed by atoms with van der Waals surface area (Å²) in [5.74, 6) is 0.930. The fourth-order valence-corrected chi connectivity index (χ4v) is 2.22. The van der Waals surface area contributed by atoms with Crippen LogP contribution in [0.15, 0.2) is 18.3 Å². The van der Waals surface area contributed by atoms with Crippen LogP contribution in [0.5, 0.6) is 5.88 Å². The van der Waals surface area contributed by atoms with Crippen LogP contribution in [-0.2, 0) is 5.60 Å². The zero-order valence-corrected chi connectivity index (χ0v) is 9.23. The Labute approximate surface area is 90.1 Å². The van der Waals surface area contributed by atoms with E-state index in [0.717, 1.165) is 24.8 Å². The van der Waals surface area contributed by atoms with Crippen molar-refractivity contribution in [3.05, 3.63) is 23.9 Å². The maximum atomic E-state index is 10.4. The van der Waals surface area contributed by atoms with Crippen LogP contribution >= 0.6 is 0 Å². The Morgan fingerprint density at radius 2 is 2.47 bits per heavy atom. The molecule has 1 N–H and O–H groups in total. The third-order valence-corrected chi connectivity index (χ3v) is 3.14. The first-order valence-electron chi connectivity index (χ1n) is 5.44. The molecule has 15 heavy (non-hydrogen) atoms. The average molecular weight is 207 g/mol. The van der Waals surface area contributed by atoms with Crippen molar-refractivity contribution in [2.45, 2.75) is 31.8 Å². The van der Waals surface area contributed by atoms with Gasteiger partial charge < -0.3 is 9.84 Å². The van der Waals surface area contributed by atoms with Crippen molar-refractivity contribution < 1.29 is 9.84 Å². The summed E-state index contributed by atoms with van der Waals surface area (Å²) in [5, 5.41) is 10.4. The molecule has 0 aliphatic heterocycles. The van der Waals surface area contributed by atoms with Gasteiger partial charge in [-0.1, -0.05) is 13.3 Å². The molecule has 0 amide bonds. The van der Waals surface area contributed by atoms with E-state index in [-0.39, 0.29) is 0 Å². The monoisotopic (exact) mass is 207 g/mol. The van der Waals surface area contributed by atoms with Crippen LogP contribution in [0.25, 0.3) is 0 Å². The molecule has 3 nitrogen and oxygen atoms in total. The van der Waals surface area contributed by atoms with Gasteiger partial charge in [0.15, 0.2) is 0 Å². The molecule has 2 unspecified atom stereocenters. The quantitative estimate of drug-likeness (QED) is 0.822. The maximum absolute atomic E-state index is 10.4. The van der Waals surface area contributed by atoms with Gasteiger partial charge in [0.2, 0.25) is 5.88 Å². The molecule has 1 aromatic rings. The molecule has 0 saturated heterocycles. The van der Waals surface area contributed by atoms with Crippen LogP contribution in [0.2, 0.25) is 0 Å². The van der Waals surface area contributed by atoms with Crippen molar-refractivity contribution >= 4 is 0 Å². The molecule has 1 aliphatic carbocycles. The predicted molar refractivity (Wildman–Crippen MR) is 57.7 cm³/mol. The van der Waals surface area contributed by atoms with E-state index in [4.69, 9.17) is 4.74 Å². The van der Waals surface area contributed by atoms with Gasteiger partial charge >= 0.3 is 0 Å². The van der Waals surface area contributed by atoms with Crippen molar-refractivity contribution in [1.82, 2.24) is 4.98 Å². The van der Waals surface area contributed by atoms with Crippen LogP contribution in [0.1, 0.15) is 31.7 Å². The molecular formula is C12H17NO2. The van der Waals surface area contributed by atoms with Crippen LogP contribution < -0.4 is 4.74 Å². The molecule has 1 saturated carbocycles. The Kier molecular flexibility index (Phi) is 2.65. The number of nitrogens with zero attached hydrogens (tertiary/aromatic N) is 1. The lowest BCUT2D eigenvalue weighted by Gasteiger charge is -2.13. The normalized spacial score (nSPS) is 28.9. The lowest BCUT2D eigenvalue weighted by atomic mass is 10.1. The average Bonchev–Trinajstić information content (AvgIpc) is 2.91. The number of aromatic nitrogens is 1. The Balaban J connectivity index is 2.23. The minimum Gasteiger partial charge on any atom is -0.481 e. The lowest BCUT2D eigenvalue weighted by molar-refractivity contribution is 0.124. The van der Waals surface area contributed by atoms with Gasteiger partial charge in [-0.3, -0.25) is 0 Å². The van der Waals surface area contributed by atoms with Crippen LogP contribution in [0.3, 0.4) is 0 Å². The molecule has 82 valence electrons. The fourth-order valence-electron chi connectivity index (χ4n) is 2.22. The summed E-state index contributed by atoms with van der Waals surface area (Å²) in [4.78, 5) is 4.12. The van der Waals surface area contributed by atoms with Crippen LogP contribution in [0, 0.1) is 5.92 Å². The largest absolute Gasteiger partial charge is 0.481 e. The Morgan fingerprint density at radius 1 is 1.67 bits per heavy atom. The third kappa shape index (κ3) is 1.72. The van der Waals surface area contributed by atoms with Crippen molar-refractivity contribution in [2.75, 3.05) is 7.11 Å². The standard InChI is InChI=1S/C12H17NO2/c1-3-5-9-8-12(9,14)10-6-4-7-13-11(10)15-2/h4,6-7,9,14H,3,5,8H2,1-2H3. The van der Waals surface area contributed by atoms with E-state index in [1.165, 1.54) is 0 Å². The second-order valence-electron chi connectivity index (χ2n) is 4.17. The van der Waals surface area contributed by atoms with Gasteiger partial charge in [0, 0.05) is 11.8 Å². The van der Waals surface area contributed by atoms with Gasteiger partial charge in [-0.15, -0.1) is 0 Å². The Hall–Kier alpha value is -1.09. The van der Waals surface area contributed by atoms with E-state index in [1.807, 2.05) is 12.1 Å². The molecule has 0 radical (unpaired) electrons. The molecule has 0 spiro atoms. The first kappa shape index (κ1) is 10.4. The minimum atomic E-state index is -0.685. The summed E-state index contributed by atoms with van der Waals surface area (Å²) >= 11 is 0. The van der Waals surface area contributed by atoms with Crippen molar-refractivity contribution in [3.8, 4) is 5.88 Å². The van der Waals surface area contributed by atoms with Crippen molar-refractivity contribution in [2.24, 2.45) is 5.92 Å². The molecule has 3 heteroatoms. The third-order valence-electron chi connectivity index (χ3n) is 3.14. The fraction of sp³-hybridized carbons (Fsp3) is 0.583. The van der Waals surface area contributed by atoms with Gasteiger partial charge in [-0.05, 0) is 30.9 Å². The van der Waals surface area contributed by atoms with E-state index < -0.39 is 5.60 Å². The highest BCUT2D eigenvalue weighted by atomic mass is 16.5. The summed E-state index contributed by atoms with van der Waals surface area (Å²) in [7, 11) is 1.59. The molecule has 2 atom stereocenters. The van der Waals surface area contributed by atoms with Crippen LogP contribution in [-0.4, -0.2) is 17.2 Å². The number of rotatable bonds is 4. The smallest absolute Gasteiger partial charge is 0.219 e. The Bertz CT molecular complexity index is 353. The zero-order chi connectivity index (χ0) is 10.9. The Morgan fingerprint density at radius 3 is 3.13 bits per heavy atom. The SMILES string of the molecule is CCCC1CC1(O)c1cccnc1OC. The molecule has 1 heterocycles. The summed E-state index contributed by atoms with van der Waals surface area (Å²) in [6, 6.07) is 3.75. The highest BCUT2D eigenvalue weighted by Gasteiger charge is 2.54. The van der Waals surface area contributed by atoms with Gasteiger partial charge in [-0.25, -0.2) is 4.98 Å². The topological polar surface area (TPSA) is 42.4 Å². The molecule has 1 aliphatic rings. The van der Waals surface area contributed by atoms with Gasteiger partial charge in [0.1, 0.15) is 0 Å². The number of pyridine rings is 1. The summed E-state index contributed by atoms with van der Waals surface area (Å²) < 4.78 is 5.17. The number of ether oxygens (including phenoxy) is 1. The molecule has 0 bridgehead atoms. The second kappa shape index (κ2) is 3.81. The number of methoxy groups -OCH3 is 1. The van der Waals surface area contributed by atoms with Gasteiger partial charge in [0.05, 0.1) is 12.7 Å². The van der Waals surface area contributed by atoms with Gasteiger partial charge in [-0.2, -0.15) is 0 Å². The van der Waals surface area contributed by atoms with E-state index in [0.29, 0.717) is 11.8 Å². The van der Waals surface area contributed by atoms with E-state index in [9.17, 15) is 5.11 Å². The molecular weight excluding hydrogens is 190 g/mol. The minimum absolute atomic E-state index is 0.376. The molecule has 1 fully saturated rings. The van der Waals surface area contributed by atoms with E-state index >= 15 is 0 Å². The summed E-state index contributed by atoms with van der Waals surface area (Å²) in [6.45, 7) is 2.14. The highest BCUT2D eigenvalue weighted by molar-refractivity contribution is 5.37. The van der Waals surface area contributed by atoms with Gasteiger partial charge in [0.25, 0.3) is 0 Å². The van der Waals surface area contributed by atoms with E-state index in [2.05, 4.69) is 11.9 Å². The second-order valence-corrected chi connectivity index (χ2v) is 4.17. The first-order valence-corrected chi connectivity index (χ1v) is 5.44. The molecule has 1 aromatic heterocycles. The number of hydrogen-bond acceptors (Lipinski definition) is 3. The number of hydrogen-bond donors (Lipinski definition) is 1. The molecule has 2 rings (SSSR count). The van der Waals surface area contributed by atoms with E-state index in [1.54, 1.807) is 13.3 Å². The number of aliphatic hydroxyl groups is 1. The first-order chi connectivity index (χ1) is 7.22. The van der Waals surface area contributed by atoms with Crippen molar-refractivity contribution in [1.29, 1.82) is 0 Å². The summed E-state index contributed by atoms with van der Waals surface area (Å²) in [5.41, 5.74) is 0.154. The van der Waals surface area contributed by atoms with Crippen LogP contribution in [0.4, 0.5) is 0 Å². The highest BCUT2D eigenvalue weighted by Crippen LogP contribution is 2.55. The zero-order valence-electron chi connectivity index (χ0n) is 9.23. The molecule has 0 aromatic carbocycles.